The van der Waals surface area contributed by atoms with Crippen molar-refractivity contribution in [1.82, 2.24) is 0 Å². The van der Waals surface area contributed by atoms with E-state index in [9.17, 15) is 9.59 Å². The van der Waals surface area contributed by atoms with Crippen molar-refractivity contribution < 1.29 is 9.59 Å². The highest BCUT2D eigenvalue weighted by Crippen LogP contribution is 2.36. The van der Waals surface area contributed by atoms with Crippen LogP contribution in [0.3, 0.4) is 0 Å². The number of azo groups is 1. The quantitative estimate of drug-likeness (QED) is 0.740. The molecule has 98 valence electrons. The number of carbonyl (C=O) groups excluding carboxylic acids is 2. The van der Waals surface area contributed by atoms with E-state index in [4.69, 9.17) is 11.6 Å². The van der Waals surface area contributed by atoms with Gasteiger partial charge in [-0.15, -0.1) is 0 Å². The molecule has 2 amide bonds. The molecule has 0 spiro atoms. The minimum absolute atomic E-state index is 0.243. The summed E-state index contributed by atoms with van der Waals surface area (Å²) in [5.41, 5.74) is 1.40. The van der Waals surface area contributed by atoms with Gasteiger partial charge >= 0.3 is 0 Å². The Morgan fingerprint density at radius 1 is 1.21 bits per heavy atom. The van der Waals surface area contributed by atoms with E-state index < -0.39 is 12.0 Å². The molecular formula is C13H12ClN3O2. The normalized spacial score (nSPS) is 29.2. The van der Waals surface area contributed by atoms with Crippen LogP contribution in [0.1, 0.15) is 12.5 Å². The average molecular weight is 278 g/mol. The number of halogens is 1. The molecule has 6 heteroatoms. The van der Waals surface area contributed by atoms with E-state index >= 15 is 0 Å². The first kappa shape index (κ1) is 12.3. The third-order valence-electron chi connectivity index (χ3n) is 3.63. The third-order valence-corrected chi connectivity index (χ3v) is 4.03. The summed E-state index contributed by atoms with van der Waals surface area (Å²) in [7, 11) is 0. The van der Waals surface area contributed by atoms with Gasteiger partial charge in [0.05, 0.1) is 17.6 Å². The Bertz CT molecular complexity index is 614. The number of hydrogen-bond donors (Lipinski definition) is 0. The highest BCUT2D eigenvalue weighted by atomic mass is 35.5. The Kier molecular flexibility index (Phi) is 2.67. The van der Waals surface area contributed by atoms with Crippen LogP contribution >= 0.6 is 11.6 Å². The molecule has 0 N–H and O–H groups in total. The molecule has 0 bridgehead atoms. The summed E-state index contributed by atoms with van der Waals surface area (Å²) in [6, 6.07) is 4.24. The smallest absolute Gasteiger partial charge is 0.261 e. The molecule has 0 saturated carbocycles. The molecule has 1 saturated heterocycles. The zero-order valence-electron chi connectivity index (χ0n) is 10.5. The summed E-state index contributed by atoms with van der Waals surface area (Å²) in [6.45, 7) is 3.66. The number of nitrogens with zero attached hydrogens (tertiary/aromatic N) is 3. The fraction of sp³-hybridized carbons (Fsp3) is 0.385. The van der Waals surface area contributed by atoms with Crippen LogP contribution in [0.4, 0.5) is 5.69 Å². The molecule has 3 atom stereocenters. The number of aryl methyl sites for hydroxylation is 1. The van der Waals surface area contributed by atoms with Crippen LogP contribution in [0.15, 0.2) is 28.4 Å². The first-order chi connectivity index (χ1) is 9.00. The van der Waals surface area contributed by atoms with Crippen molar-refractivity contribution in [3.05, 3.63) is 28.8 Å². The van der Waals surface area contributed by atoms with Crippen LogP contribution < -0.4 is 4.90 Å². The summed E-state index contributed by atoms with van der Waals surface area (Å²) < 4.78 is 0. The van der Waals surface area contributed by atoms with Crippen LogP contribution in [-0.4, -0.2) is 23.9 Å². The molecule has 2 aliphatic heterocycles. The summed E-state index contributed by atoms with van der Waals surface area (Å²) in [5, 5.41) is 8.35. The van der Waals surface area contributed by atoms with Crippen LogP contribution in [0, 0.1) is 12.8 Å². The van der Waals surface area contributed by atoms with Gasteiger partial charge in [0, 0.05) is 5.02 Å². The van der Waals surface area contributed by atoms with Gasteiger partial charge in [0.2, 0.25) is 5.91 Å². The fourth-order valence-corrected chi connectivity index (χ4v) is 2.67. The minimum atomic E-state index is -0.664. The predicted octanol–water partition coefficient (Wildman–Crippen LogP) is 2.36. The molecule has 0 aliphatic carbocycles. The maximum absolute atomic E-state index is 12.3. The second-order valence-corrected chi connectivity index (χ2v) is 5.29. The second-order valence-electron chi connectivity index (χ2n) is 4.89. The number of hydrogen-bond acceptors (Lipinski definition) is 4. The maximum atomic E-state index is 12.3. The third kappa shape index (κ3) is 1.69. The first-order valence-electron chi connectivity index (χ1n) is 6.04. The number of imide groups is 1. The fourth-order valence-electron chi connectivity index (χ4n) is 2.49. The second kappa shape index (κ2) is 4.13. The van der Waals surface area contributed by atoms with E-state index in [2.05, 4.69) is 10.2 Å². The zero-order chi connectivity index (χ0) is 13.7. The van der Waals surface area contributed by atoms with Crippen molar-refractivity contribution in [3.8, 4) is 0 Å². The van der Waals surface area contributed by atoms with Gasteiger partial charge in [-0.25, -0.2) is 4.90 Å². The van der Waals surface area contributed by atoms with Crippen molar-refractivity contribution in [2.24, 2.45) is 16.1 Å². The number of fused-ring (bicyclic) bond motifs is 1. The minimum Gasteiger partial charge on any atom is -0.274 e. The van der Waals surface area contributed by atoms with E-state index in [1.807, 2.05) is 6.92 Å². The summed E-state index contributed by atoms with van der Waals surface area (Å²) >= 11 is 6.05. The summed E-state index contributed by atoms with van der Waals surface area (Å²) in [6.07, 6.45) is 0. The Morgan fingerprint density at radius 2 is 1.95 bits per heavy atom. The SMILES string of the molecule is Cc1ccc(N2C(=O)[C@H]3[C@H](C)N=N[C@@H]3C2=O)cc1Cl. The molecule has 0 unspecified atom stereocenters. The van der Waals surface area contributed by atoms with E-state index in [1.165, 1.54) is 4.90 Å². The van der Waals surface area contributed by atoms with Gasteiger partial charge in [-0.3, -0.25) is 9.59 Å². The number of amides is 2. The molecule has 1 aromatic rings. The molecular weight excluding hydrogens is 266 g/mol. The molecule has 2 heterocycles. The lowest BCUT2D eigenvalue weighted by Crippen LogP contribution is -2.32. The van der Waals surface area contributed by atoms with Crippen molar-refractivity contribution in [2.45, 2.75) is 25.9 Å². The largest absolute Gasteiger partial charge is 0.274 e. The predicted molar refractivity (Wildman–Crippen MR) is 70.3 cm³/mol. The molecule has 5 nitrogen and oxygen atoms in total. The van der Waals surface area contributed by atoms with Crippen molar-refractivity contribution in [1.29, 1.82) is 0 Å². The molecule has 3 rings (SSSR count). The molecule has 1 fully saturated rings. The Hall–Kier alpha value is -1.75. The lowest BCUT2D eigenvalue weighted by atomic mass is 9.98. The van der Waals surface area contributed by atoms with Crippen LogP contribution in [-0.2, 0) is 9.59 Å². The number of benzene rings is 1. The first-order valence-corrected chi connectivity index (χ1v) is 6.42. The Labute approximate surface area is 115 Å². The Balaban J connectivity index is 2.02. The molecule has 2 aliphatic rings. The van der Waals surface area contributed by atoms with Crippen LogP contribution in [0.2, 0.25) is 5.02 Å². The maximum Gasteiger partial charge on any atom is 0.261 e. The van der Waals surface area contributed by atoms with Crippen molar-refractivity contribution in [2.75, 3.05) is 4.90 Å². The topological polar surface area (TPSA) is 62.1 Å². The van der Waals surface area contributed by atoms with E-state index in [0.29, 0.717) is 10.7 Å². The van der Waals surface area contributed by atoms with E-state index in [0.717, 1.165) is 5.56 Å². The number of anilines is 1. The van der Waals surface area contributed by atoms with Gasteiger partial charge in [-0.2, -0.15) is 10.2 Å². The highest BCUT2D eigenvalue weighted by Gasteiger charge is 2.53. The summed E-state index contributed by atoms with van der Waals surface area (Å²) in [5.74, 6) is -1.02. The lowest BCUT2D eigenvalue weighted by Gasteiger charge is -2.16. The van der Waals surface area contributed by atoms with E-state index in [-0.39, 0.29) is 17.9 Å². The van der Waals surface area contributed by atoms with Crippen molar-refractivity contribution >= 4 is 29.1 Å². The number of carbonyl (C=O) groups is 2. The molecule has 19 heavy (non-hydrogen) atoms. The molecule has 1 aromatic carbocycles. The molecule has 0 radical (unpaired) electrons. The highest BCUT2D eigenvalue weighted by molar-refractivity contribution is 6.32. The van der Waals surface area contributed by atoms with Crippen LogP contribution in [0.5, 0.6) is 0 Å². The van der Waals surface area contributed by atoms with Gasteiger partial charge in [0.15, 0.2) is 6.04 Å². The van der Waals surface area contributed by atoms with Gasteiger partial charge in [-0.05, 0) is 31.5 Å². The van der Waals surface area contributed by atoms with Gasteiger partial charge < -0.3 is 0 Å². The van der Waals surface area contributed by atoms with Crippen LogP contribution in [0.25, 0.3) is 0 Å². The monoisotopic (exact) mass is 277 g/mol. The Morgan fingerprint density at radius 3 is 2.58 bits per heavy atom. The van der Waals surface area contributed by atoms with E-state index in [1.54, 1.807) is 25.1 Å². The molecule has 0 aromatic heterocycles. The van der Waals surface area contributed by atoms with Crippen molar-refractivity contribution in [3.63, 3.8) is 0 Å². The van der Waals surface area contributed by atoms with Gasteiger partial charge in [0.25, 0.3) is 5.91 Å². The van der Waals surface area contributed by atoms with Gasteiger partial charge in [-0.1, -0.05) is 17.7 Å². The number of rotatable bonds is 1. The summed E-state index contributed by atoms with van der Waals surface area (Å²) in [4.78, 5) is 25.8. The standard InChI is InChI=1S/C13H12ClN3O2/c1-6-3-4-8(5-9(6)14)17-12(18)10-7(2)15-16-11(10)13(17)19/h3-5,7,10-11H,1-2H3/t7-,10-,11-/m0/s1. The zero-order valence-corrected chi connectivity index (χ0v) is 11.3. The lowest BCUT2D eigenvalue weighted by molar-refractivity contribution is -0.122. The average Bonchev–Trinajstić information content (AvgIpc) is 2.85. The van der Waals surface area contributed by atoms with Gasteiger partial charge in [0.1, 0.15) is 0 Å².